The van der Waals surface area contributed by atoms with Crippen molar-refractivity contribution in [1.82, 2.24) is 5.32 Å². The second-order valence-corrected chi connectivity index (χ2v) is 4.92. The summed E-state index contributed by atoms with van der Waals surface area (Å²) in [7, 11) is 0. The van der Waals surface area contributed by atoms with Crippen molar-refractivity contribution in [2.24, 2.45) is 5.41 Å². The van der Waals surface area contributed by atoms with Crippen LogP contribution < -0.4 is 5.32 Å². The molecule has 0 heterocycles. The second kappa shape index (κ2) is 5.99. The van der Waals surface area contributed by atoms with Gasteiger partial charge in [-0.15, -0.1) is 0 Å². The zero-order valence-corrected chi connectivity index (χ0v) is 11.1. The van der Waals surface area contributed by atoms with Gasteiger partial charge in [-0.2, -0.15) is 0 Å². The summed E-state index contributed by atoms with van der Waals surface area (Å²) >= 11 is 0. The van der Waals surface area contributed by atoms with Crippen LogP contribution in [0.3, 0.4) is 0 Å². The van der Waals surface area contributed by atoms with Crippen molar-refractivity contribution in [3.8, 4) is 0 Å². The number of nitrogens with one attached hydrogen (secondary N) is 1. The van der Waals surface area contributed by atoms with Crippen molar-refractivity contribution in [2.75, 3.05) is 13.2 Å². The first kappa shape index (κ1) is 13.9. The SMILES string of the molecule is CCOC1CC(N[C@H](C)CO)C1(CC)CC. The molecule has 0 spiro atoms. The van der Waals surface area contributed by atoms with Gasteiger partial charge in [-0.05, 0) is 33.1 Å². The summed E-state index contributed by atoms with van der Waals surface area (Å²) < 4.78 is 5.82. The van der Waals surface area contributed by atoms with Crippen LogP contribution >= 0.6 is 0 Å². The largest absolute Gasteiger partial charge is 0.395 e. The lowest BCUT2D eigenvalue weighted by atomic mass is 9.58. The van der Waals surface area contributed by atoms with E-state index >= 15 is 0 Å². The summed E-state index contributed by atoms with van der Waals surface area (Å²) in [6, 6.07) is 0.686. The van der Waals surface area contributed by atoms with Gasteiger partial charge in [0.2, 0.25) is 0 Å². The summed E-state index contributed by atoms with van der Waals surface area (Å²) in [6.07, 6.45) is 3.77. The third-order valence-electron chi connectivity index (χ3n) is 4.23. The van der Waals surface area contributed by atoms with Gasteiger partial charge in [-0.1, -0.05) is 13.8 Å². The van der Waals surface area contributed by atoms with Gasteiger partial charge in [0, 0.05) is 24.1 Å². The molecule has 0 aliphatic heterocycles. The molecule has 2 unspecified atom stereocenters. The Morgan fingerprint density at radius 1 is 1.38 bits per heavy atom. The van der Waals surface area contributed by atoms with E-state index < -0.39 is 0 Å². The lowest BCUT2D eigenvalue weighted by Crippen LogP contribution is -2.65. The molecule has 0 aromatic heterocycles. The topological polar surface area (TPSA) is 41.5 Å². The zero-order valence-electron chi connectivity index (χ0n) is 11.1. The van der Waals surface area contributed by atoms with Gasteiger partial charge in [-0.3, -0.25) is 0 Å². The third-order valence-corrected chi connectivity index (χ3v) is 4.23. The number of rotatable bonds is 7. The Kier molecular flexibility index (Phi) is 5.22. The molecule has 0 aromatic rings. The van der Waals surface area contributed by atoms with Gasteiger partial charge in [-0.25, -0.2) is 0 Å². The Balaban J connectivity index is 2.60. The molecule has 0 radical (unpaired) electrons. The van der Waals surface area contributed by atoms with Crippen molar-refractivity contribution in [1.29, 1.82) is 0 Å². The number of hydrogen-bond donors (Lipinski definition) is 2. The maximum absolute atomic E-state index is 9.09. The van der Waals surface area contributed by atoms with Crippen molar-refractivity contribution in [3.05, 3.63) is 0 Å². The van der Waals surface area contributed by atoms with Crippen LogP contribution in [-0.2, 0) is 4.74 Å². The summed E-state index contributed by atoms with van der Waals surface area (Å²) in [5, 5.41) is 12.6. The minimum atomic E-state index is 0.185. The lowest BCUT2D eigenvalue weighted by molar-refractivity contribution is -0.140. The fourth-order valence-electron chi connectivity index (χ4n) is 3.01. The molecule has 1 fully saturated rings. The molecule has 0 bridgehead atoms. The van der Waals surface area contributed by atoms with Crippen LogP contribution in [0.5, 0.6) is 0 Å². The van der Waals surface area contributed by atoms with E-state index in [2.05, 4.69) is 26.1 Å². The first-order valence-corrected chi connectivity index (χ1v) is 6.63. The highest BCUT2D eigenvalue weighted by Gasteiger charge is 2.53. The van der Waals surface area contributed by atoms with E-state index in [9.17, 15) is 0 Å². The van der Waals surface area contributed by atoms with Crippen molar-refractivity contribution in [3.63, 3.8) is 0 Å². The van der Waals surface area contributed by atoms with Crippen LogP contribution in [0.1, 0.15) is 47.0 Å². The second-order valence-electron chi connectivity index (χ2n) is 4.92. The summed E-state index contributed by atoms with van der Waals surface area (Å²) in [5.41, 5.74) is 0.277. The minimum absolute atomic E-state index is 0.185. The van der Waals surface area contributed by atoms with Gasteiger partial charge in [0.15, 0.2) is 0 Å². The van der Waals surface area contributed by atoms with E-state index in [1.54, 1.807) is 0 Å². The predicted octanol–water partition coefficient (Wildman–Crippen LogP) is 1.94. The van der Waals surface area contributed by atoms with E-state index in [4.69, 9.17) is 9.84 Å². The number of hydrogen-bond acceptors (Lipinski definition) is 3. The van der Waals surface area contributed by atoms with Gasteiger partial charge < -0.3 is 15.2 Å². The van der Waals surface area contributed by atoms with Gasteiger partial charge in [0.1, 0.15) is 0 Å². The molecule has 1 aliphatic rings. The maximum Gasteiger partial charge on any atom is 0.0660 e. The Morgan fingerprint density at radius 3 is 2.44 bits per heavy atom. The molecule has 3 heteroatoms. The lowest BCUT2D eigenvalue weighted by Gasteiger charge is -2.56. The van der Waals surface area contributed by atoms with E-state index in [1.165, 1.54) is 0 Å². The molecule has 1 aliphatic carbocycles. The van der Waals surface area contributed by atoms with E-state index in [-0.39, 0.29) is 18.1 Å². The number of aliphatic hydroxyl groups is 1. The quantitative estimate of drug-likeness (QED) is 0.701. The smallest absolute Gasteiger partial charge is 0.0660 e. The molecule has 3 nitrogen and oxygen atoms in total. The van der Waals surface area contributed by atoms with Crippen molar-refractivity contribution >= 4 is 0 Å². The average Bonchev–Trinajstić information content (AvgIpc) is 2.29. The van der Waals surface area contributed by atoms with E-state index in [1.807, 2.05) is 6.92 Å². The van der Waals surface area contributed by atoms with Crippen LogP contribution in [0, 0.1) is 5.41 Å². The van der Waals surface area contributed by atoms with Crippen LogP contribution in [0.15, 0.2) is 0 Å². The summed E-state index contributed by atoms with van der Waals surface area (Å²) in [4.78, 5) is 0. The Morgan fingerprint density at radius 2 is 2.00 bits per heavy atom. The Labute approximate surface area is 99.6 Å². The zero-order chi connectivity index (χ0) is 12.2. The normalized spacial score (nSPS) is 29.8. The maximum atomic E-state index is 9.09. The van der Waals surface area contributed by atoms with Gasteiger partial charge in [0.25, 0.3) is 0 Å². The Bertz CT molecular complexity index is 204. The molecular formula is C13H27NO2. The summed E-state index contributed by atoms with van der Waals surface area (Å²) in [6.45, 7) is 9.59. The molecule has 16 heavy (non-hydrogen) atoms. The van der Waals surface area contributed by atoms with Gasteiger partial charge in [0.05, 0.1) is 12.7 Å². The molecule has 0 aromatic carbocycles. The van der Waals surface area contributed by atoms with Crippen molar-refractivity contribution < 1.29 is 9.84 Å². The minimum Gasteiger partial charge on any atom is -0.395 e. The van der Waals surface area contributed by atoms with Crippen LogP contribution in [0.4, 0.5) is 0 Å². The highest BCUT2D eigenvalue weighted by molar-refractivity contribution is 5.07. The molecule has 1 saturated carbocycles. The first-order valence-electron chi connectivity index (χ1n) is 6.63. The highest BCUT2D eigenvalue weighted by atomic mass is 16.5. The molecule has 2 N–H and O–H groups in total. The number of aliphatic hydroxyl groups excluding tert-OH is 1. The van der Waals surface area contributed by atoms with E-state index in [0.717, 1.165) is 25.9 Å². The Hall–Kier alpha value is -0.120. The average molecular weight is 229 g/mol. The molecule has 96 valence electrons. The van der Waals surface area contributed by atoms with Crippen LogP contribution in [0.2, 0.25) is 0 Å². The van der Waals surface area contributed by atoms with E-state index in [0.29, 0.717) is 12.1 Å². The third kappa shape index (κ3) is 2.41. The van der Waals surface area contributed by atoms with Crippen LogP contribution in [-0.4, -0.2) is 36.5 Å². The fourth-order valence-corrected chi connectivity index (χ4v) is 3.01. The molecule has 0 saturated heterocycles. The monoisotopic (exact) mass is 229 g/mol. The summed E-state index contributed by atoms with van der Waals surface area (Å²) in [5.74, 6) is 0. The van der Waals surface area contributed by atoms with Crippen molar-refractivity contribution in [2.45, 2.75) is 65.1 Å². The molecule has 1 rings (SSSR count). The number of ether oxygens (including phenoxy) is 1. The highest BCUT2D eigenvalue weighted by Crippen LogP contribution is 2.48. The molecule has 3 atom stereocenters. The fraction of sp³-hybridized carbons (Fsp3) is 1.00. The molecule has 0 amide bonds. The van der Waals surface area contributed by atoms with Gasteiger partial charge >= 0.3 is 0 Å². The standard InChI is InChI=1S/C13H27NO2/c1-5-13(6-2)11(14-10(4)9-15)8-12(13)16-7-3/h10-12,14-15H,5-9H2,1-4H3/t10-,11?,12?/m1/s1. The van der Waals surface area contributed by atoms with Crippen LogP contribution in [0.25, 0.3) is 0 Å². The predicted molar refractivity (Wildman–Crippen MR) is 66.5 cm³/mol. The molecular weight excluding hydrogens is 202 g/mol. The first-order chi connectivity index (χ1) is 7.64.